The van der Waals surface area contributed by atoms with Gasteiger partial charge in [-0.1, -0.05) is 6.07 Å². The van der Waals surface area contributed by atoms with Crippen molar-refractivity contribution in [2.75, 3.05) is 47.6 Å². The molecule has 0 unspecified atom stereocenters. The third-order valence-corrected chi connectivity index (χ3v) is 6.62. The fourth-order valence-corrected chi connectivity index (χ4v) is 4.05. The molecule has 0 saturated carbocycles. The van der Waals surface area contributed by atoms with E-state index in [9.17, 15) is 13.2 Å². The van der Waals surface area contributed by atoms with Gasteiger partial charge in [-0.3, -0.25) is 9.10 Å². The van der Waals surface area contributed by atoms with Gasteiger partial charge in [0.2, 0.25) is 16.0 Å². The summed E-state index contributed by atoms with van der Waals surface area (Å²) < 4.78 is 30.2. The van der Waals surface area contributed by atoms with Gasteiger partial charge in [0.1, 0.15) is 12.4 Å². The largest absolute Gasteiger partial charge is 0.370 e. The second-order valence-corrected chi connectivity index (χ2v) is 9.87. The number of carbonyl (C=O) groups excluding carboxylic acids is 1. The maximum Gasteiger partial charge on any atom is 0.253 e. The number of nitrogens with zero attached hydrogens (tertiary/aromatic N) is 5. The predicted octanol–water partition coefficient (Wildman–Crippen LogP) is 2.16. The summed E-state index contributed by atoms with van der Waals surface area (Å²) >= 11 is 0. The van der Waals surface area contributed by atoms with Crippen molar-refractivity contribution in [1.29, 1.82) is 0 Å². The quantitative estimate of drug-likeness (QED) is 0.519. The molecule has 1 N–H and O–H groups in total. The zero-order valence-electron chi connectivity index (χ0n) is 19.0. The van der Waals surface area contributed by atoms with Gasteiger partial charge in [0.25, 0.3) is 5.91 Å². The van der Waals surface area contributed by atoms with E-state index in [4.69, 9.17) is 4.74 Å². The first-order chi connectivity index (χ1) is 16.3. The number of amides is 1. The standard InChI is InChI=1S/C23H26N6O4S/c1-28(34(2,31)32)22-17(4-3-12-24-22)5-6-19-11-13-25-23(27-19)26-18-7-9-20(10-8-18)29-14-15-33-16-21(29)30/h3-4,7-13H,5-6,14-16H2,1-2H3,(H,25,26,27). The molecule has 0 spiro atoms. The summed E-state index contributed by atoms with van der Waals surface area (Å²) in [5.41, 5.74) is 3.24. The number of carbonyl (C=O) groups is 1. The summed E-state index contributed by atoms with van der Waals surface area (Å²) in [4.78, 5) is 26.8. The highest BCUT2D eigenvalue weighted by Gasteiger charge is 2.20. The van der Waals surface area contributed by atoms with Gasteiger partial charge in [-0.05, 0) is 54.8 Å². The van der Waals surface area contributed by atoms with Gasteiger partial charge < -0.3 is 15.0 Å². The highest BCUT2D eigenvalue weighted by atomic mass is 32.2. The van der Waals surface area contributed by atoms with Crippen molar-refractivity contribution in [3.63, 3.8) is 0 Å². The van der Waals surface area contributed by atoms with Crippen LogP contribution in [0.4, 0.5) is 23.1 Å². The Bertz CT molecular complexity index is 1270. The number of nitrogens with one attached hydrogen (secondary N) is 1. The van der Waals surface area contributed by atoms with E-state index in [-0.39, 0.29) is 12.5 Å². The second-order valence-electron chi connectivity index (χ2n) is 7.86. The summed E-state index contributed by atoms with van der Waals surface area (Å²) in [6, 6.07) is 13.0. The lowest BCUT2D eigenvalue weighted by Gasteiger charge is -2.26. The molecule has 3 heterocycles. The van der Waals surface area contributed by atoms with Crippen molar-refractivity contribution < 1.29 is 17.9 Å². The van der Waals surface area contributed by atoms with Crippen LogP contribution in [0.15, 0.2) is 54.9 Å². The average molecular weight is 483 g/mol. The van der Waals surface area contributed by atoms with Crippen LogP contribution in [0.25, 0.3) is 0 Å². The summed E-state index contributed by atoms with van der Waals surface area (Å²) in [5.74, 6) is 0.811. The molecule has 2 aromatic heterocycles. The third kappa shape index (κ3) is 5.67. The number of rotatable bonds is 8. The van der Waals surface area contributed by atoms with Crippen molar-refractivity contribution in [3.05, 3.63) is 66.1 Å². The number of aryl methyl sites for hydroxylation is 2. The van der Waals surface area contributed by atoms with E-state index < -0.39 is 10.0 Å². The molecule has 178 valence electrons. The highest BCUT2D eigenvalue weighted by Crippen LogP contribution is 2.22. The molecule has 0 aliphatic carbocycles. The lowest BCUT2D eigenvalue weighted by molar-refractivity contribution is -0.125. The molecule has 4 rings (SSSR count). The van der Waals surface area contributed by atoms with Crippen molar-refractivity contribution in [2.45, 2.75) is 12.8 Å². The van der Waals surface area contributed by atoms with Crippen LogP contribution in [0.1, 0.15) is 11.3 Å². The van der Waals surface area contributed by atoms with E-state index >= 15 is 0 Å². The van der Waals surface area contributed by atoms with Crippen LogP contribution in [-0.2, 0) is 32.4 Å². The summed E-state index contributed by atoms with van der Waals surface area (Å²) in [5, 5.41) is 3.18. The van der Waals surface area contributed by atoms with E-state index in [0.29, 0.717) is 37.8 Å². The van der Waals surface area contributed by atoms with E-state index in [2.05, 4.69) is 20.3 Å². The molecule has 11 heteroatoms. The number of pyridine rings is 1. The topological polar surface area (TPSA) is 118 Å². The second kappa shape index (κ2) is 10.1. The highest BCUT2D eigenvalue weighted by molar-refractivity contribution is 7.92. The number of hydrogen-bond donors (Lipinski definition) is 1. The predicted molar refractivity (Wildman–Crippen MR) is 130 cm³/mol. The molecule has 0 bridgehead atoms. The lowest BCUT2D eigenvalue weighted by Crippen LogP contribution is -2.41. The molecule has 1 aromatic carbocycles. The molecular weight excluding hydrogens is 456 g/mol. The summed E-state index contributed by atoms with van der Waals surface area (Å²) in [6.07, 6.45) is 5.57. The minimum atomic E-state index is -3.41. The van der Waals surface area contributed by atoms with Crippen molar-refractivity contribution in [3.8, 4) is 0 Å². The minimum Gasteiger partial charge on any atom is -0.370 e. The molecule has 1 fully saturated rings. The maximum absolute atomic E-state index is 12.0. The molecule has 0 radical (unpaired) electrons. The van der Waals surface area contributed by atoms with Crippen LogP contribution in [0.3, 0.4) is 0 Å². The minimum absolute atomic E-state index is 0.0532. The number of sulfonamides is 1. The first-order valence-corrected chi connectivity index (χ1v) is 12.6. The molecule has 1 aliphatic rings. The fourth-order valence-electron chi connectivity index (χ4n) is 3.57. The van der Waals surface area contributed by atoms with Gasteiger partial charge >= 0.3 is 0 Å². The summed E-state index contributed by atoms with van der Waals surface area (Å²) in [7, 11) is -1.91. The van der Waals surface area contributed by atoms with Gasteiger partial charge in [-0.2, -0.15) is 0 Å². The molecular formula is C23H26N6O4S. The van der Waals surface area contributed by atoms with Crippen molar-refractivity contribution in [1.82, 2.24) is 15.0 Å². The van der Waals surface area contributed by atoms with Crippen LogP contribution >= 0.6 is 0 Å². The van der Waals surface area contributed by atoms with E-state index in [1.54, 1.807) is 23.4 Å². The van der Waals surface area contributed by atoms with Gasteiger partial charge in [-0.25, -0.2) is 23.4 Å². The third-order valence-electron chi connectivity index (χ3n) is 5.45. The van der Waals surface area contributed by atoms with Crippen LogP contribution < -0.4 is 14.5 Å². The Morgan fingerprint density at radius 1 is 1.09 bits per heavy atom. The first-order valence-electron chi connectivity index (χ1n) is 10.8. The Morgan fingerprint density at radius 2 is 1.88 bits per heavy atom. The summed E-state index contributed by atoms with van der Waals surface area (Å²) in [6.45, 7) is 1.17. The first kappa shape index (κ1) is 23.6. The smallest absolute Gasteiger partial charge is 0.253 e. The lowest BCUT2D eigenvalue weighted by atomic mass is 10.1. The molecule has 1 saturated heterocycles. The number of aromatic nitrogens is 3. The van der Waals surface area contributed by atoms with Crippen LogP contribution in [0, 0.1) is 0 Å². The normalized spacial score (nSPS) is 14.2. The molecule has 10 nitrogen and oxygen atoms in total. The number of ether oxygens (including phenoxy) is 1. The Balaban J connectivity index is 1.42. The van der Waals surface area contributed by atoms with Crippen LogP contribution in [0.5, 0.6) is 0 Å². The SMILES string of the molecule is CN(c1ncccc1CCc1ccnc(Nc2ccc(N3CCOCC3=O)cc2)n1)S(C)(=O)=O. The van der Waals surface area contributed by atoms with E-state index in [1.165, 1.54) is 11.4 Å². The Kier molecular flexibility index (Phi) is 7.03. The van der Waals surface area contributed by atoms with Gasteiger partial charge in [0.15, 0.2) is 0 Å². The Hall–Kier alpha value is -3.57. The molecule has 3 aromatic rings. The average Bonchev–Trinajstić information content (AvgIpc) is 2.83. The number of benzene rings is 1. The van der Waals surface area contributed by atoms with Crippen LogP contribution in [-0.4, -0.2) is 62.3 Å². The van der Waals surface area contributed by atoms with Gasteiger partial charge in [0.05, 0.1) is 12.9 Å². The fraction of sp³-hybridized carbons (Fsp3) is 0.304. The number of morpholine rings is 1. The monoisotopic (exact) mass is 482 g/mol. The van der Waals surface area contributed by atoms with Crippen LogP contribution in [0.2, 0.25) is 0 Å². The molecule has 34 heavy (non-hydrogen) atoms. The van der Waals surface area contributed by atoms with Crippen molar-refractivity contribution >= 4 is 39.1 Å². The Labute approximate surface area is 198 Å². The molecule has 1 amide bonds. The van der Waals surface area contributed by atoms with E-state index in [0.717, 1.165) is 28.9 Å². The number of hydrogen-bond acceptors (Lipinski definition) is 8. The molecule has 0 atom stereocenters. The Morgan fingerprint density at radius 3 is 2.62 bits per heavy atom. The molecule has 1 aliphatic heterocycles. The van der Waals surface area contributed by atoms with E-state index in [1.807, 2.05) is 36.4 Å². The zero-order valence-corrected chi connectivity index (χ0v) is 19.8. The number of anilines is 4. The van der Waals surface area contributed by atoms with Crippen molar-refractivity contribution in [2.24, 2.45) is 0 Å². The maximum atomic E-state index is 12.0. The van der Waals surface area contributed by atoms with Gasteiger partial charge in [0, 0.05) is 43.1 Å². The van der Waals surface area contributed by atoms with Gasteiger partial charge in [-0.15, -0.1) is 0 Å². The zero-order chi connectivity index (χ0) is 24.1.